The summed E-state index contributed by atoms with van der Waals surface area (Å²) in [7, 11) is -3.33. The van der Waals surface area contributed by atoms with Crippen LogP contribution in [-0.4, -0.2) is 20.0 Å². The van der Waals surface area contributed by atoms with E-state index in [1.54, 1.807) is 24.3 Å². The first-order valence-electron chi connectivity index (χ1n) is 6.45. The number of hydrogen-bond donors (Lipinski definition) is 2. The zero-order valence-corrected chi connectivity index (χ0v) is 13.8. The molecule has 0 unspecified atom stereocenters. The van der Waals surface area contributed by atoms with Gasteiger partial charge in [0.15, 0.2) is 0 Å². The van der Waals surface area contributed by atoms with Crippen LogP contribution in [0.4, 0.5) is 0 Å². The lowest BCUT2D eigenvalue weighted by molar-refractivity contribution is 0.378. The van der Waals surface area contributed by atoms with Crippen LogP contribution in [-0.2, 0) is 15.8 Å². The molecule has 0 amide bonds. The third-order valence-corrected chi connectivity index (χ3v) is 4.36. The standard InChI is InChI=1S/C14H22N2O2S2/c1-14(2,3)7-8-16-20(17,18)10-11-5-4-6-12(9-11)13(15)19/h4-6,9,16H,7-8,10H2,1-3H3,(H2,15,19). The Bertz CT molecular complexity index is 575. The van der Waals surface area contributed by atoms with Gasteiger partial charge in [0.05, 0.1) is 5.75 Å². The molecule has 0 aliphatic heterocycles. The molecule has 6 heteroatoms. The molecule has 0 heterocycles. The van der Waals surface area contributed by atoms with Crippen molar-refractivity contribution < 1.29 is 8.42 Å². The van der Waals surface area contributed by atoms with E-state index in [2.05, 4.69) is 25.5 Å². The Morgan fingerprint density at radius 2 is 2.00 bits per heavy atom. The maximum atomic E-state index is 12.0. The molecule has 1 rings (SSSR count). The van der Waals surface area contributed by atoms with Crippen molar-refractivity contribution >= 4 is 27.2 Å². The fraction of sp³-hybridized carbons (Fsp3) is 0.500. The lowest BCUT2D eigenvalue weighted by atomic mass is 9.93. The predicted molar refractivity (Wildman–Crippen MR) is 87.0 cm³/mol. The van der Waals surface area contributed by atoms with Gasteiger partial charge < -0.3 is 5.73 Å². The van der Waals surface area contributed by atoms with Gasteiger partial charge in [0.25, 0.3) is 0 Å². The molecule has 1 aromatic carbocycles. The fourth-order valence-electron chi connectivity index (χ4n) is 1.67. The van der Waals surface area contributed by atoms with Gasteiger partial charge in [-0.3, -0.25) is 0 Å². The zero-order valence-electron chi connectivity index (χ0n) is 12.1. The average Bonchev–Trinajstić information content (AvgIpc) is 2.26. The molecule has 20 heavy (non-hydrogen) atoms. The number of nitrogens with one attached hydrogen (secondary N) is 1. The van der Waals surface area contributed by atoms with Crippen molar-refractivity contribution in [1.82, 2.24) is 4.72 Å². The maximum Gasteiger partial charge on any atom is 0.215 e. The summed E-state index contributed by atoms with van der Waals surface area (Å²) in [4.78, 5) is 0.268. The third kappa shape index (κ3) is 6.45. The van der Waals surface area contributed by atoms with Crippen molar-refractivity contribution in [1.29, 1.82) is 0 Å². The summed E-state index contributed by atoms with van der Waals surface area (Å²) in [6.45, 7) is 6.67. The number of thiocarbonyl (C=S) groups is 1. The van der Waals surface area contributed by atoms with E-state index in [0.717, 1.165) is 6.42 Å². The zero-order chi connectivity index (χ0) is 15.4. The first-order chi connectivity index (χ1) is 9.09. The summed E-state index contributed by atoms with van der Waals surface area (Å²) >= 11 is 4.89. The third-order valence-electron chi connectivity index (χ3n) is 2.77. The first kappa shape index (κ1) is 17.1. The number of sulfonamides is 1. The van der Waals surface area contributed by atoms with E-state index < -0.39 is 10.0 Å². The van der Waals surface area contributed by atoms with E-state index in [9.17, 15) is 8.42 Å². The minimum Gasteiger partial charge on any atom is -0.389 e. The molecule has 0 radical (unpaired) electrons. The molecular weight excluding hydrogens is 292 g/mol. The lowest BCUT2D eigenvalue weighted by Gasteiger charge is -2.18. The van der Waals surface area contributed by atoms with Crippen LogP contribution in [0.1, 0.15) is 38.3 Å². The number of benzene rings is 1. The second-order valence-corrected chi connectivity index (χ2v) is 8.28. The van der Waals surface area contributed by atoms with E-state index in [1.807, 2.05) is 0 Å². The number of rotatable bonds is 6. The van der Waals surface area contributed by atoms with Crippen molar-refractivity contribution in [3.8, 4) is 0 Å². The minimum atomic E-state index is -3.33. The van der Waals surface area contributed by atoms with E-state index in [1.165, 1.54) is 0 Å². The summed E-state index contributed by atoms with van der Waals surface area (Å²) in [6.07, 6.45) is 0.791. The van der Waals surface area contributed by atoms with Crippen LogP contribution in [0.5, 0.6) is 0 Å². The molecule has 4 nitrogen and oxygen atoms in total. The SMILES string of the molecule is CC(C)(C)CCNS(=O)(=O)Cc1cccc(C(N)=S)c1. The molecular formula is C14H22N2O2S2. The van der Waals surface area contributed by atoms with Crippen LogP contribution in [0.2, 0.25) is 0 Å². The van der Waals surface area contributed by atoms with Gasteiger partial charge in [-0.1, -0.05) is 51.2 Å². The van der Waals surface area contributed by atoms with Crippen molar-refractivity contribution in [3.05, 3.63) is 35.4 Å². The van der Waals surface area contributed by atoms with Crippen molar-refractivity contribution in [2.45, 2.75) is 32.9 Å². The van der Waals surface area contributed by atoms with Gasteiger partial charge in [0, 0.05) is 12.1 Å². The summed E-state index contributed by atoms with van der Waals surface area (Å²) < 4.78 is 26.6. The molecule has 0 saturated heterocycles. The summed E-state index contributed by atoms with van der Waals surface area (Å²) in [5.41, 5.74) is 7.01. The van der Waals surface area contributed by atoms with Gasteiger partial charge in [-0.2, -0.15) is 0 Å². The summed E-state index contributed by atoms with van der Waals surface area (Å²) in [5.74, 6) is -0.0619. The van der Waals surface area contributed by atoms with Crippen LogP contribution in [0, 0.1) is 5.41 Å². The molecule has 0 saturated carbocycles. The molecule has 0 bridgehead atoms. The molecule has 0 aliphatic rings. The van der Waals surface area contributed by atoms with E-state index in [0.29, 0.717) is 17.7 Å². The van der Waals surface area contributed by atoms with Crippen molar-refractivity contribution in [2.75, 3.05) is 6.54 Å². The minimum absolute atomic E-state index is 0.0619. The average molecular weight is 314 g/mol. The molecule has 1 aromatic rings. The largest absolute Gasteiger partial charge is 0.389 e. The quantitative estimate of drug-likeness (QED) is 0.789. The van der Waals surface area contributed by atoms with E-state index >= 15 is 0 Å². The molecule has 0 atom stereocenters. The summed E-state index contributed by atoms with van der Waals surface area (Å²) in [5, 5.41) is 0. The molecule has 0 spiro atoms. The van der Waals surface area contributed by atoms with Crippen LogP contribution in [0.25, 0.3) is 0 Å². The first-order valence-corrected chi connectivity index (χ1v) is 8.51. The highest BCUT2D eigenvalue weighted by atomic mass is 32.2. The van der Waals surface area contributed by atoms with Crippen LogP contribution < -0.4 is 10.5 Å². The lowest BCUT2D eigenvalue weighted by Crippen LogP contribution is -2.28. The van der Waals surface area contributed by atoms with Gasteiger partial charge in [-0.25, -0.2) is 13.1 Å². The molecule has 3 N–H and O–H groups in total. The van der Waals surface area contributed by atoms with Crippen LogP contribution in [0.15, 0.2) is 24.3 Å². The number of hydrogen-bond acceptors (Lipinski definition) is 3. The maximum absolute atomic E-state index is 12.0. The Balaban J connectivity index is 2.67. The highest BCUT2D eigenvalue weighted by molar-refractivity contribution is 7.88. The molecule has 0 fully saturated rings. The molecule has 0 aromatic heterocycles. The number of nitrogens with two attached hydrogens (primary N) is 1. The van der Waals surface area contributed by atoms with Gasteiger partial charge in [-0.15, -0.1) is 0 Å². The smallest absolute Gasteiger partial charge is 0.215 e. The van der Waals surface area contributed by atoms with Gasteiger partial charge in [0.2, 0.25) is 10.0 Å². The fourth-order valence-corrected chi connectivity index (χ4v) is 2.93. The van der Waals surface area contributed by atoms with E-state index in [-0.39, 0.29) is 16.2 Å². The van der Waals surface area contributed by atoms with Gasteiger partial charge >= 0.3 is 0 Å². The van der Waals surface area contributed by atoms with Crippen LogP contribution >= 0.6 is 12.2 Å². The Kier molecular flexibility index (Phi) is 5.68. The molecule has 0 aliphatic carbocycles. The monoisotopic (exact) mass is 314 g/mol. The second-order valence-electron chi connectivity index (χ2n) is 6.03. The Morgan fingerprint density at radius 3 is 2.55 bits per heavy atom. The normalized spacial score (nSPS) is 12.3. The van der Waals surface area contributed by atoms with Crippen molar-refractivity contribution in [2.24, 2.45) is 11.1 Å². The highest BCUT2D eigenvalue weighted by Crippen LogP contribution is 2.17. The van der Waals surface area contributed by atoms with E-state index in [4.69, 9.17) is 18.0 Å². The Hall–Kier alpha value is -0.980. The highest BCUT2D eigenvalue weighted by Gasteiger charge is 2.15. The van der Waals surface area contributed by atoms with Crippen molar-refractivity contribution in [3.63, 3.8) is 0 Å². The Morgan fingerprint density at radius 1 is 1.35 bits per heavy atom. The topological polar surface area (TPSA) is 72.2 Å². The summed E-state index contributed by atoms with van der Waals surface area (Å²) in [6, 6.07) is 7.00. The van der Waals surface area contributed by atoms with Gasteiger partial charge in [0.1, 0.15) is 4.99 Å². The predicted octanol–water partition coefficient (Wildman–Crippen LogP) is 2.18. The van der Waals surface area contributed by atoms with Crippen LogP contribution in [0.3, 0.4) is 0 Å². The van der Waals surface area contributed by atoms with Gasteiger partial charge in [-0.05, 0) is 23.5 Å². The Labute approximate surface area is 126 Å². The second kappa shape index (κ2) is 6.65. The molecule has 112 valence electrons.